The van der Waals surface area contributed by atoms with E-state index in [1.165, 1.54) is 19.3 Å². The third-order valence-corrected chi connectivity index (χ3v) is 5.25. The van der Waals surface area contributed by atoms with Gasteiger partial charge in [0.15, 0.2) is 5.69 Å². The third-order valence-electron chi connectivity index (χ3n) is 5.25. The average molecular weight is 318 g/mol. The summed E-state index contributed by atoms with van der Waals surface area (Å²) < 4.78 is 0. The number of carbonyl (C=O) groups is 1. The lowest BCUT2D eigenvalue weighted by molar-refractivity contribution is -0.123. The summed E-state index contributed by atoms with van der Waals surface area (Å²) in [5.74, 6) is 1.56. The van der Waals surface area contributed by atoms with Crippen LogP contribution in [0.4, 0.5) is 0 Å². The van der Waals surface area contributed by atoms with Crippen LogP contribution in [0.5, 0.6) is 0 Å². The number of hydrogen-bond acceptors (Lipinski definition) is 4. The smallest absolute Gasteiger partial charge is 0.275 e. The largest absolute Gasteiger partial charge is 0.347 e. The molecule has 23 heavy (non-hydrogen) atoms. The second-order valence-electron chi connectivity index (χ2n) is 6.94. The number of carbonyl (C=O) groups excluding carboxylic acids is 1. The van der Waals surface area contributed by atoms with Gasteiger partial charge >= 0.3 is 0 Å². The van der Waals surface area contributed by atoms with Crippen molar-refractivity contribution in [2.45, 2.75) is 76.7 Å². The highest BCUT2D eigenvalue weighted by atomic mass is 16.2. The molecule has 2 fully saturated rings. The molecule has 1 aromatic rings. The summed E-state index contributed by atoms with van der Waals surface area (Å²) in [6.07, 6.45) is 9.21. The van der Waals surface area contributed by atoms with E-state index in [9.17, 15) is 9.59 Å². The molecule has 2 aliphatic rings. The van der Waals surface area contributed by atoms with Gasteiger partial charge in [0.2, 0.25) is 5.91 Å². The van der Waals surface area contributed by atoms with Gasteiger partial charge in [-0.15, -0.1) is 10.2 Å². The molecule has 0 radical (unpaired) electrons. The Morgan fingerprint density at radius 3 is 2.52 bits per heavy atom. The van der Waals surface area contributed by atoms with Gasteiger partial charge in [0.25, 0.3) is 5.56 Å². The molecule has 1 unspecified atom stereocenters. The molecule has 1 aromatic heterocycles. The molecule has 6 heteroatoms. The number of aromatic amines is 1. The van der Waals surface area contributed by atoms with Gasteiger partial charge in [-0.05, 0) is 38.0 Å². The zero-order valence-corrected chi connectivity index (χ0v) is 13.8. The van der Waals surface area contributed by atoms with Crippen molar-refractivity contribution >= 4 is 5.91 Å². The van der Waals surface area contributed by atoms with Crippen LogP contribution in [0.25, 0.3) is 0 Å². The standard InChI is InChI=1S/C17H26N4O2/c1-2-13(18-14(22)10-11-6-5-7-11)15-17(23)19-16(21-20-15)12-8-3-4-9-12/h11-13H,2-10H2,1H3,(H,18,22)(H,19,21,23). The topological polar surface area (TPSA) is 87.7 Å². The van der Waals surface area contributed by atoms with Crippen molar-refractivity contribution in [3.05, 3.63) is 21.9 Å². The lowest BCUT2D eigenvalue weighted by Crippen LogP contribution is -2.35. The second-order valence-corrected chi connectivity index (χ2v) is 6.94. The quantitative estimate of drug-likeness (QED) is 0.844. The van der Waals surface area contributed by atoms with Crippen LogP contribution in [0.2, 0.25) is 0 Å². The highest BCUT2D eigenvalue weighted by Gasteiger charge is 2.25. The van der Waals surface area contributed by atoms with Crippen LogP contribution >= 0.6 is 0 Å². The van der Waals surface area contributed by atoms with E-state index in [4.69, 9.17) is 0 Å². The van der Waals surface area contributed by atoms with Crippen molar-refractivity contribution in [3.8, 4) is 0 Å². The summed E-state index contributed by atoms with van der Waals surface area (Å²) in [4.78, 5) is 27.4. The van der Waals surface area contributed by atoms with Gasteiger partial charge in [0.05, 0.1) is 6.04 Å². The molecule has 1 heterocycles. The highest BCUT2D eigenvalue weighted by Crippen LogP contribution is 2.31. The summed E-state index contributed by atoms with van der Waals surface area (Å²) in [5.41, 5.74) is 0.119. The number of amides is 1. The van der Waals surface area contributed by atoms with Crippen molar-refractivity contribution in [2.75, 3.05) is 0 Å². The minimum atomic E-state index is -0.351. The van der Waals surface area contributed by atoms with Crippen molar-refractivity contribution in [2.24, 2.45) is 5.92 Å². The number of nitrogens with one attached hydrogen (secondary N) is 2. The van der Waals surface area contributed by atoms with Crippen LogP contribution in [-0.4, -0.2) is 21.1 Å². The maximum absolute atomic E-state index is 12.4. The first kappa shape index (κ1) is 16.1. The molecular formula is C17H26N4O2. The summed E-state index contributed by atoms with van der Waals surface area (Å²) in [7, 11) is 0. The van der Waals surface area contributed by atoms with Gasteiger partial charge in [-0.3, -0.25) is 9.59 Å². The van der Waals surface area contributed by atoms with Crippen molar-refractivity contribution in [1.82, 2.24) is 20.5 Å². The van der Waals surface area contributed by atoms with E-state index in [2.05, 4.69) is 20.5 Å². The number of H-pyrrole nitrogens is 1. The molecule has 2 N–H and O–H groups in total. The molecule has 1 atom stereocenters. The predicted octanol–water partition coefficient (Wildman–Crippen LogP) is 2.58. The minimum Gasteiger partial charge on any atom is -0.347 e. The summed E-state index contributed by atoms with van der Waals surface area (Å²) in [6.45, 7) is 1.94. The van der Waals surface area contributed by atoms with Crippen molar-refractivity contribution in [3.63, 3.8) is 0 Å². The molecule has 0 aromatic carbocycles. The number of aromatic nitrogens is 3. The van der Waals surface area contributed by atoms with Crippen LogP contribution in [0.3, 0.4) is 0 Å². The van der Waals surface area contributed by atoms with E-state index in [0.717, 1.165) is 25.7 Å². The summed E-state index contributed by atoms with van der Waals surface area (Å²) >= 11 is 0. The fourth-order valence-electron chi connectivity index (χ4n) is 3.55. The van der Waals surface area contributed by atoms with Crippen molar-refractivity contribution in [1.29, 1.82) is 0 Å². The molecule has 1 amide bonds. The van der Waals surface area contributed by atoms with E-state index < -0.39 is 0 Å². The lowest BCUT2D eigenvalue weighted by atomic mass is 9.83. The van der Waals surface area contributed by atoms with Crippen LogP contribution in [0.15, 0.2) is 4.79 Å². The predicted molar refractivity (Wildman–Crippen MR) is 87.0 cm³/mol. The molecule has 6 nitrogen and oxygen atoms in total. The van der Waals surface area contributed by atoms with Gasteiger partial charge < -0.3 is 10.3 Å². The fourth-order valence-corrected chi connectivity index (χ4v) is 3.55. The van der Waals surface area contributed by atoms with E-state index in [1.807, 2.05) is 6.92 Å². The van der Waals surface area contributed by atoms with E-state index in [-0.39, 0.29) is 17.5 Å². The fraction of sp³-hybridized carbons (Fsp3) is 0.765. The van der Waals surface area contributed by atoms with Gasteiger partial charge in [0.1, 0.15) is 5.82 Å². The van der Waals surface area contributed by atoms with Crippen LogP contribution in [0, 0.1) is 5.92 Å². The SMILES string of the molecule is CCC(NC(=O)CC1CCC1)c1nnc(C2CCCC2)[nH]c1=O. The summed E-state index contributed by atoms with van der Waals surface area (Å²) in [5, 5.41) is 11.3. The molecule has 2 aliphatic carbocycles. The Balaban J connectivity index is 1.67. The first-order valence-electron chi connectivity index (χ1n) is 8.93. The molecule has 126 valence electrons. The monoisotopic (exact) mass is 318 g/mol. The molecular weight excluding hydrogens is 292 g/mol. The molecule has 0 saturated heterocycles. The second kappa shape index (κ2) is 7.23. The Labute approximate surface area is 136 Å². The van der Waals surface area contributed by atoms with Crippen LogP contribution < -0.4 is 10.9 Å². The number of nitrogens with zero attached hydrogens (tertiary/aromatic N) is 2. The summed E-state index contributed by atoms with van der Waals surface area (Å²) in [6, 6.07) is -0.351. The van der Waals surface area contributed by atoms with Crippen LogP contribution in [-0.2, 0) is 4.79 Å². The molecule has 3 rings (SSSR count). The Hall–Kier alpha value is -1.72. The van der Waals surface area contributed by atoms with E-state index in [0.29, 0.717) is 36.2 Å². The maximum atomic E-state index is 12.4. The van der Waals surface area contributed by atoms with Gasteiger partial charge in [-0.2, -0.15) is 0 Å². The average Bonchev–Trinajstić information content (AvgIpc) is 3.03. The van der Waals surface area contributed by atoms with Gasteiger partial charge in [0, 0.05) is 12.3 Å². The normalized spacial score (nSPS) is 20.2. The molecule has 0 aliphatic heterocycles. The Morgan fingerprint density at radius 2 is 1.96 bits per heavy atom. The number of rotatable bonds is 6. The van der Waals surface area contributed by atoms with E-state index >= 15 is 0 Å². The van der Waals surface area contributed by atoms with Crippen LogP contribution in [0.1, 0.15) is 88.2 Å². The number of hydrogen-bond donors (Lipinski definition) is 2. The van der Waals surface area contributed by atoms with Gasteiger partial charge in [-0.25, -0.2) is 0 Å². The molecule has 2 saturated carbocycles. The first-order chi connectivity index (χ1) is 11.2. The van der Waals surface area contributed by atoms with Gasteiger partial charge in [-0.1, -0.05) is 26.2 Å². The van der Waals surface area contributed by atoms with E-state index in [1.54, 1.807) is 0 Å². The first-order valence-corrected chi connectivity index (χ1v) is 8.93. The Bertz CT molecular complexity index is 603. The molecule has 0 bridgehead atoms. The lowest BCUT2D eigenvalue weighted by Gasteiger charge is -2.25. The zero-order chi connectivity index (χ0) is 16.2. The highest BCUT2D eigenvalue weighted by molar-refractivity contribution is 5.76. The Kier molecular flexibility index (Phi) is 5.08. The molecule has 0 spiro atoms. The zero-order valence-electron chi connectivity index (χ0n) is 13.8. The van der Waals surface area contributed by atoms with Crippen molar-refractivity contribution < 1.29 is 4.79 Å². The maximum Gasteiger partial charge on any atom is 0.275 e. The third kappa shape index (κ3) is 3.79. The Morgan fingerprint density at radius 1 is 1.22 bits per heavy atom. The minimum absolute atomic E-state index is 0.0163.